The molecular formula is C35H33Cl. The zero-order chi connectivity index (χ0) is 24.3. The van der Waals surface area contributed by atoms with E-state index in [0.29, 0.717) is 0 Å². The molecule has 7 rings (SSSR count). The molecular weight excluding hydrogens is 456 g/mol. The summed E-state index contributed by atoms with van der Waals surface area (Å²) in [6, 6.07) is 38.2. The summed E-state index contributed by atoms with van der Waals surface area (Å²) in [5.41, 5.74) is 7.82. The molecule has 0 heterocycles. The average molecular weight is 489 g/mol. The van der Waals surface area contributed by atoms with Crippen molar-refractivity contribution >= 4 is 11.6 Å². The predicted octanol–water partition coefficient (Wildman–Crippen LogP) is 9.17. The molecule has 180 valence electrons. The van der Waals surface area contributed by atoms with Crippen LogP contribution in [-0.2, 0) is 10.8 Å². The highest BCUT2D eigenvalue weighted by atomic mass is 35.5. The number of hydrogen-bond donors (Lipinski definition) is 0. The minimum atomic E-state index is -0.409. The Morgan fingerprint density at radius 2 is 1.28 bits per heavy atom. The molecule has 1 heteroatoms. The summed E-state index contributed by atoms with van der Waals surface area (Å²) in [5.74, 6) is 2.68. The maximum Gasteiger partial charge on any atom is 0.0708 e. The SMILES string of the molecule is C[C@]1(CC2C[C@@H]3CC[C@H]2C3)c2ccccc2C(c2ccccc2)(c2ccccc2)c2cc(Cl)ccc21. The molecule has 3 aliphatic carbocycles. The van der Waals surface area contributed by atoms with Crippen LogP contribution in [0, 0.1) is 17.8 Å². The zero-order valence-electron chi connectivity index (χ0n) is 21.0. The molecule has 1 unspecified atom stereocenters. The van der Waals surface area contributed by atoms with E-state index in [-0.39, 0.29) is 5.41 Å². The van der Waals surface area contributed by atoms with Crippen LogP contribution < -0.4 is 0 Å². The topological polar surface area (TPSA) is 0 Å². The van der Waals surface area contributed by atoms with Crippen molar-refractivity contribution in [2.24, 2.45) is 17.8 Å². The zero-order valence-corrected chi connectivity index (χ0v) is 21.7. The van der Waals surface area contributed by atoms with Crippen molar-refractivity contribution in [3.05, 3.63) is 142 Å². The summed E-state index contributed by atoms with van der Waals surface area (Å²) in [5, 5.41) is 0.812. The van der Waals surface area contributed by atoms with Crippen LogP contribution >= 0.6 is 11.6 Å². The van der Waals surface area contributed by atoms with E-state index in [1.165, 1.54) is 65.5 Å². The summed E-state index contributed by atoms with van der Waals surface area (Å²) in [4.78, 5) is 0. The number of benzene rings is 4. The van der Waals surface area contributed by atoms with E-state index in [9.17, 15) is 0 Å². The molecule has 36 heavy (non-hydrogen) atoms. The van der Waals surface area contributed by atoms with E-state index in [4.69, 9.17) is 11.6 Å². The molecule has 0 N–H and O–H groups in total. The second-order valence-electron chi connectivity index (χ2n) is 11.7. The lowest BCUT2D eigenvalue weighted by Gasteiger charge is -2.50. The molecule has 0 aromatic heterocycles. The van der Waals surface area contributed by atoms with Crippen molar-refractivity contribution in [3.8, 4) is 0 Å². The molecule has 0 radical (unpaired) electrons. The molecule has 2 fully saturated rings. The largest absolute Gasteiger partial charge is 0.0843 e. The fraction of sp³-hybridized carbons (Fsp3) is 0.314. The van der Waals surface area contributed by atoms with Gasteiger partial charge >= 0.3 is 0 Å². The Hall–Kier alpha value is -2.83. The van der Waals surface area contributed by atoms with Gasteiger partial charge in [0, 0.05) is 10.4 Å². The first-order valence-electron chi connectivity index (χ1n) is 13.6. The first kappa shape index (κ1) is 22.4. The highest BCUT2D eigenvalue weighted by molar-refractivity contribution is 6.30. The highest BCUT2D eigenvalue weighted by Gasteiger charge is 2.52. The Bertz CT molecular complexity index is 1370. The van der Waals surface area contributed by atoms with Gasteiger partial charge in [0.1, 0.15) is 0 Å². The van der Waals surface area contributed by atoms with Crippen molar-refractivity contribution in [1.82, 2.24) is 0 Å². The van der Waals surface area contributed by atoms with Crippen LogP contribution in [0.3, 0.4) is 0 Å². The third-order valence-corrected chi connectivity index (χ3v) is 10.1. The first-order valence-corrected chi connectivity index (χ1v) is 14.0. The lowest BCUT2D eigenvalue weighted by molar-refractivity contribution is 0.266. The maximum atomic E-state index is 6.82. The van der Waals surface area contributed by atoms with Crippen LogP contribution in [-0.4, -0.2) is 0 Å². The van der Waals surface area contributed by atoms with Gasteiger partial charge in [-0.3, -0.25) is 0 Å². The Morgan fingerprint density at radius 1 is 0.667 bits per heavy atom. The molecule has 2 saturated carbocycles. The fourth-order valence-corrected chi connectivity index (χ4v) is 8.60. The van der Waals surface area contributed by atoms with E-state index in [2.05, 4.69) is 110 Å². The summed E-state index contributed by atoms with van der Waals surface area (Å²) in [6.45, 7) is 2.52. The van der Waals surface area contributed by atoms with Crippen molar-refractivity contribution in [1.29, 1.82) is 0 Å². The van der Waals surface area contributed by atoms with E-state index in [1.54, 1.807) is 0 Å². The van der Waals surface area contributed by atoms with E-state index >= 15 is 0 Å². The van der Waals surface area contributed by atoms with Crippen LogP contribution in [0.4, 0.5) is 0 Å². The normalized spacial score (nSPS) is 27.4. The summed E-state index contributed by atoms with van der Waals surface area (Å²) >= 11 is 6.82. The van der Waals surface area contributed by atoms with Crippen LogP contribution in [0.15, 0.2) is 103 Å². The average Bonchev–Trinajstić information content (AvgIpc) is 3.54. The number of rotatable bonds is 4. The van der Waals surface area contributed by atoms with Gasteiger partial charge in [-0.05, 0) is 89.0 Å². The number of hydrogen-bond acceptors (Lipinski definition) is 0. The molecule has 4 aromatic carbocycles. The molecule has 0 saturated heterocycles. The van der Waals surface area contributed by atoms with Gasteiger partial charge in [-0.15, -0.1) is 0 Å². The third kappa shape index (κ3) is 3.13. The molecule has 0 aliphatic heterocycles. The van der Waals surface area contributed by atoms with Gasteiger partial charge in [0.2, 0.25) is 0 Å². The smallest absolute Gasteiger partial charge is 0.0708 e. The number of halogens is 1. The molecule has 4 aromatic rings. The van der Waals surface area contributed by atoms with Gasteiger partial charge < -0.3 is 0 Å². The molecule has 4 atom stereocenters. The second kappa shape index (κ2) is 8.35. The van der Waals surface area contributed by atoms with E-state index in [1.807, 2.05) is 0 Å². The Kier molecular flexibility index (Phi) is 5.19. The monoisotopic (exact) mass is 488 g/mol. The second-order valence-corrected chi connectivity index (χ2v) is 12.1. The lowest BCUT2D eigenvalue weighted by Crippen LogP contribution is -2.44. The van der Waals surface area contributed by atoms with Crippen LogP contribution in [0.5, 0.6) is 0 Å². The molecule has 0 amide bonds. The van der Waals surface area contributed by atoms with Gasteiger partial charge in [0.15, 0.2) is 0 Å². The summed E-state index contributed by atoms with van der Waals surface area (Å²) in [6.07, 6.45) is 6.96. The third-order valence-electron chi connectivity index (χ3n) is 9.87. The van der Waals surface area contributed by atoms with Crippen molar-refractivity contribution in [2.45, 2.75) is 49.9 Å². The van der Waals surface area contributed by atoms with E-state index < -0.39 is 5.41 Å². The Morgan fingerprint density at radius 3 is 1.89 bits per heavy atom. The van der Waals surface area contributed by atoms with Crippen molar-refractivity contribution in [2.75, 3.05) is 0 Å². The molecule has 0 nitrogen and oxygen atoms in total. The lowest BCUT2D eigenvalue weighted by atomic mass is 9.52. The van der Waals surface area contributed by atoms with Gasteiger partial charge in [0.05, 0.1) is 5.41 Å². The molecule has 2 bridgehead atoms. The van der Waals surface area contributed by atoms with Crippen LogP contribution in [0.25, 0.3) is 0 Å². The first-order chi connectivity index (χ1) is 17.6. The minimum absolute atomic E-state index is 0.0429. The fourth-order valence-electron chi connectivity index (χ4n) is 8.43. The summed E-state index contributed by atoms with van der Waals surface area (Å²) in [7, 11) is 0. The standard InChI is InChI=1S/C35H33Cl/c1-34(23-26-21-24-16-17-25(26)20-24)30-14-8-9-15-32(30)35(27-10-4-2-5-11-27,28-12-6-3-7-13-28)33-22-29(36)18-19-31(33)34/h2-15,18-19,22,24-26H,16-17,20-21,23H2,1H3/t24-,25+,26?,34+/m1/s1. The Balaban J connectivity index is 1.55. The van der Waals surface area contributed by atoms with Gasteiger partial charge in [0.25, 0.3) is 0 Å². The van der Waals surface area contributed by atoms with Crippen LogP contribution in [0.1, 0.15) is 72.4 Å². The predicted molar refractivity (Wildman–Crippen MR) is 150 cm³/mol. The minimum Gasteiger partial charge on any atom is -0.0843 e. The van der Waals surface area contributed by atoms with E-state index in [0.717, 1.165) is 22.8 Å². The van der Waals surface area contributed by atoms with Crippen molar-refractivity contribution in [3.63, 3.8) is 0 Å². The van der Waals surface area contributed by atoms with Gasteiger partial charge in [-0.2, -0.15) is 0 Å². The van der Waals surface area contributed by atoms with Gasteiger partial charge in [-0.25, -0.2) is 0 Å². The maximum absolute atomic E-state index is 6.82. The highest BCUT2D eigenvalue weighted by Crippen LogP contribution is 2.60. The summed E-state index contributed by atoms with van der Waals surface area (Å²) < 4.78 is 0. The number of fused-ring (bicyclic) bond motifs is 4. The Labute approximate surface area is 220 Å². The van der Waals surface area contributed by atoms with Crippen molar-refractivity contribution < 1.29 is 0 Å². The van der Waals surface area contributed by atoms with Crippen LogP contribution in [0.2, 0.25) is 5.02 Å². The quantitative estimate of drug-likeness (QED) is 0.268. The molecule has 3 aliphatic rings. The molecule has 0 spiro atoms. The van der Waals surface area contributed by atoms with Gasteiger partial charge in [-0.1, -0.05) is 116 Å².